The van der Waals surface area contributed by atoms with Gasteiger partial charge in [0.2, 0.25) is 0 Å². The topological polar surface area (TPSA) is 12.0 Å². The van der Waals surface area contributed by atoms with Crippen molar-refractivity contribution in [3.63, 3.8) is 0 Å². The Balaban J connectivity index is 2.82. The monoisotopic (exact) mass is 283 g/mol. The van der Waals surface area contributed by atoms with E-state index in [1.165, 1.54) is 10.0 Å². The van der Waals surface area contributed by atoms with E-state index in [2.05, 4.69) is 73.2 Å². The highest BCUT2D eigenvalue weighted by Crippen LogP contribution is 2.29. The molecule has 0 aliphatic rings. The van der Waals surface area contributed by atoms with Crippen LogP contribution < -0.4 is 5.32 Å². The van der Waals surface area contributed by atoms with Crippen molar-refractivity contribution in [1.82, 2.24) is 5.32 Å². The second-order valence-corrected chi connectivity index (χ2v) is 5.79. The first-order valence-corrected chi connectivity index (χ1v) is 6.79. The number of hydrogen-bond acceptors (Lipinski definition) is 1. The predicted molar refractivity (Wildman–Crippen MR) is 74.9 cm³/mol. The summed E-state index contributed by atoms with van der Waals surface area (Å²) in [5.74, 6) is 1.21. The molecule has 0 saturated carbocycles. The molecule has 0 bridgehead atoms. The number of hydrogen-bond donors (Lipinski definition) is 1. The maximum Gasteiger partial charge on any atom is 0.0210 e. The summed E-state index contributed by atoms with van der Waals surface area (Å²) in [6, 6.07) is 9.08. The lowest BCUT2D eigenvalue weighted by Gasteiger charge is -2.24. The summed E-state index contributed by atoms with van der Waals surface area (Å²) in [5.41, 5.74) is 1.41. The van der Waals surface area contributed by atoms with Gasteiger partial charge in [-0.05, 0) is 23.5 Å². The van der Waals surface area contributed by atoms with Gasteiger partial charge in [-0.25, -0.2) is 0 Å². The Morgan fingerprint density at radius 2 is 1.75 bits per heavy atom. The number of nitrogens with one attached hydrogen (secondary N) is 1. The minimum Gasteiger partial charge on any atom is -0.314 e. The summed E-state index contributed by atoms with van der Waals surface area (Å²) in [6.07, 6.45) is 0. The maximum absolute atomic E-state index is 3.64. The highest BCUT2D eigenvalue weighted by atomic mass is 79.9. The van der Waals surface area contributed by atoms with E-state index in [0.717, 1.165) is 6.54 Å². The van der Waals surface area contributed by atoms with Crippen LogP contribution in [-0.4, -0.2) is 12.6 Å². The number of benzene rings is 1. The van der Waals surface area contributed by atoms with Gasteiger partial charge in [0, 0.05) is 17.1 Å². The van der Waals surface area contributed by atoms with Crippen molar-refractivity contribution in [3.05, 3.63) is 34.3 Å². The molecule has 2 heteroatoms. The van der Waals surface area contributed by atoms with Crippen LogP contribution in [0.15, 0.2) is 28.7 Å². The summed E-state index contributed by atoms with van der Waals surface area (Å²) < 4.78 is 1.22. The number of rotatable bonds is 5. The van der Waals surface area contributed by atoms with Crippen LogP contribution in [0.25, 0.3) is 0 Å². The summed E-state index contributed by atoms with van der Waals surface area (Å²) in [6.45, 7) is 9.99. The van der Waals surface area contributed by atoms with E-state index < -0.39 is 0 Å². The van der Waals surface area contributed by atoms with E-state index in [1.54, 1.807) is 0 Å². The van der Waals surface area contributed by atoms with Gasteiger partial charge in [0.25, 0.3) is 0 Å². The summed E-state index contributed by atoms with van der Waals surface area (Å²) in [4.78, 5) is 0. The van der Waals surface area contributed by atoms with Gasteiger partial charge < -0.3 is 5.32 Å². The van der Waals surface area contributed by atoms with Crippen molar-refractivity contribution in [2.24, 2.45) is 5.92 Å². The summed E-state index contributed by atoms with van der Waals surface area (Å²) in [7, 11) is 0. The fraction of sp³-hybridized carbons (Fsp3) is 0.571. The zero-order valence-corrected chi connectivity index (χ0v) is 12.2. The number of halogens is 1. The van der Waals surface area contributed by atoms with Gasteiger partial charge in [-0.2, -0.15) is 0 Å². The van der Waals surface area contributed by atoms with E-state index in [0.29, 0.717) is 17.9 Å². The third-order valence-electron chi connectivity index (χ3n) is 2.86. The Labute approximate surface area is 108 Å². The third kappa shape index (κ3) is 3.91. The normalized spacial score (nSPS) is 13.4. The highest BCUT2D eigenvalue weighted by molar-refractivity contribution is 9.10. The molecule has 0 fully saturated rings. The van der Waals surface area contributed by atoms with Gasteiger partial charge in [-0.1, -0.05) is 61.8 Å². The largest absolute Gasteiger partial charge is 0.314 e. The van der Waals surface area contributed by atoms with Crippen molar-refractivity contribution >= 4 is 15.9 Å². The molecule has 1 atom stereocenters. The molecule has 1 unspecified atom stereocenters. The zero-order chi connectivity index (χ0) is 12.1. The molecule has 1 nitrogen and oxygen atoms in total. The molecular formula is C14H22BrN. The quantitative estimate of drug-likeness (QED) is 0.855. The van der Waals surface area contributed by atoms with Crippen molar-refractivity contribution in [2.75, 3.05) is 6.54 Å². The molecule has 90 valence electrons. The SMILES string of the molecule is CC(C)NCC(c1ccccc1Br)C(C)C. The van der Waals surface area contributed by atoms with Crippen molar-refractivity contribution < 1.29 is 0 Å². The van der Waals surface area contributed by atoms with Crippen LogP contribution in [0.2, 0.25) is 0 Å². The standard InChI is InChI=1S/C14H22BrN/c1-10(2)13(9-16-11(3)4)12-7-5-6-8-14(12)15/h5-8,10-11,13,16H,9H2,1-4H3. The lowest BCUT2D eigenvalue weighted by molar-refractivity contribution is 0.440. The molecule has 0 radical (unpaired) electrons. The van der Waals surface area contributed by atoms with Crippen LogP contribution in [-0.2, 0) is 0 Å². The van der Waals surface area contributed by atoms with Gasteiger partial charge >= 0.3 is 0 Å². The molecule has 0 spiro atoms. The van der Waals surface area contributed by atoms with Gasteiger partial charge in [0.05, 0.1) is 0 Å². The first kappa shape index (κ1) is 13.7. The Morgan fingerprint density at radius 1 is 1.12 bits per heavy atom. The first-order valence-electron chi connectivity index (χ1n) is 6.00. The molecule has 0 aliphatic heterocycles. The van der Waals surface area contributed by atoms with Crippen LogP contribution >= 0.6 is 15.9 Å². The van der Waals surface area contributed by atoms with Gasteiger partial charge in [0.15, 0.2) is 0 Å². The molecular weight excluding hydrogens is 262 g/mol. The van der Waals surface area contributed by atoms with E-state index in [-0.39, 0.29) is 0 Å². The average molecular weight is 284 g/mol. The van der Waals surface area contributed by atoms with E-state index in [9.17, 15) is 0 Å². The molecule has 0 aliphatic carbocycles. The molecule has 0 saturated heterocycles. The molecule has 1 rings (SSSR count). The Morgan fingerprint density at radius 3 is 2.25 bits per heavy atom. The van der Waals surface area contributed by atoms with E-state index >= 15 is 0 Å². The fourth-order valence-corrected chi connectivity index (χ4v) is 2.42. The summed E-state index contributed by atoms with van der Waals surface area (Å²) >= 11 is 3.64. The lowest BCUT2D eigenvalue weighted by Crippen LogP contribution is -2.30. The third-order valence-corrected chi connectivity index (χ3v) is 3.58. The van der Waals surface area contributed by atoms with Gasteiger partial charge in [0.1, 0.15) is 0 Å². The Bertz CT molecular complexity index is 320. The average Bonchev–Trinajstić information content (AvgIpc) is 2.20. The van der Waals surface area contributed by atoms with Crippen molar-refractivity contribution in [2.45, 2.75) is 39.7 Å². The highest BCUT2D eigenvalue weighted by Gasteiger charge is 2.17. The first-order chi connectivity index (χ1) is 7.52. The van der Waals surface area contributed by atoms with Crippen LogP contribution in [0.3, 0.4) is 0 Å². The van der Waals surface area contributed by atoms with Crippen molar-refractivity contribution in [1.29, 1.82) is 0 Å². The molecule has 0 heterocycles. The van der Waals surface area contributed by atoms with Crippen LogP contribution in [0.5, 0.6) is 0 Å². The smallest absolute Gasteiger partial charge is 0.0210 e. The van der Waals surface area contributed by atoms with E-state index in [1.807, 2.05) is 0 Å². The molecule has 16 heavy (non-hydrogen) atoms. The van der Waals surface area contributed by atoms with Crippen LogP contribution in [0.4, 0.5) is 0 Å². The molecule has 1 aromatic carbocycles. The van der Waals surface area contributed by atoms with Crippen molar-refractivity contribution in [3.8, 4) is 0 Å². The molecule has 1 aromatic rings. The van der Waals surface area contributed by atoms with Crippen LogP contribution in [0.1, 0.15) is 39.2 Å². The van der Waals surface area contributed by atoms with Gasteiger partial charge in [-0.15, -0.1) is 0 Å². The minimum atomic E-state index is 0.545. The van der Waals surface area contributed by atoms with Crippen LogP contribution in [0, 0.1) is 5.92 Å². The Kier molecular flexibility index (Phi) is 5.50. The lowest BCUT2D eigenvalue weighted by atomic mass is 9.88. The minimum absolute atomic E-state index is 0.545. The fourth-order valence-electron chi connectivity index (χ4n) is 1.84. The second kappa shape index (κ2) is 6.41. The maximum atomic E-state index is 3.64. The second-order valence-electron chi connectivity index (χ2n) is 4.93. The molecule has 0 aromatic heterocycles. The Hall–Kier alpha value is -0.340. The molecule has 0 amide bonds. The zero-order valence-electron chi connectivity index (χ0n) is 10.6. The summed E-state index contributed by atoms with van der Waals surface area (Å²) in [5, 5.41) is 3.53. The predicted octanol–water partition coefficient (Wildman–Crippen LogP) is 4.19. The van der Waals surface area contributed by atoms with E-state index in [4.69, 9.17) is 0 Å². The van der Waals surface area contributed by atoms with Gasteiger partial charge in [-0.3, -0.25) is 0 Å². The molecule has 1 N–H and O–H groups in total.